The van der Waals surface area contributed by atoms with Gasteiger partial charge in [0.1, 0.15) is 5.75 Å². The first-order valence-corrected chi connectivity index (χ1v) is 9.83. The van der Waals surface area contributed by atoms with Gasteiger partial charge in [0.2, 0.25) is 0 Å². The Labute approximate surface area is 165 Å². The predicted octanol–water partition coefficient (Wildman–Crippen LogP) is 3.74. The molecule has 6 heteroatoms. The molecule has 0 saturated carbocycles. The van der Waals surface area contributed by atoms with Crippen molar-refractivity contribution in [3.63, 3.8) is 0 Å². The predicted molar refractivity (Wildman–Crippen MR) is 108 cm³/mol. The number of aromatic nitrogens is 1. The number of likely N-dealkylation sites (tertiary alicyclic amines) is 1. The van der Waals surface area contributed by atoms with E-state index in [1.165, 1.54) is 6.42 Å². The number of rotatable bonds is 6. The van der Waals surface area contributed by atoms with Crippen molar-refractivity contribution in [2.24, 2.45) is 0 Å². The zero-order valence-corrected chi connectivity index (χ0v) is 16.7. The maximum atomic E-state index is 13.4. The highest BCUT2D eigenvalue weighted by Crippen LogP contribution is 2.37. The van der Waals surface area contributed by atoms with E-state index in [0.29, 0.717) is 23.7 Å². The zero-order valence-electron chi connectivity index (χ0n) is 15.9. The van der Waals surface area contributed by atoms with Gasteiger partial charge in [-0.2, -0.15) is 0 Å². The van der Waals surface area contributed by atoms with Gasteiger partial charge in [0.15, 0.2) is 0 Å². The molecule has 27 heavy (non-hydrogen) atoms. The fraction of sp³-hybridized carbons (Fsp3) is 0.476. The Bertz CT molecular complexity index is 844. The van der Waals surface area contributed by atoms with Crippen LogP contribution in [0.2, 0.25) is 5.02 Å². The van der Waals surface area contributed by atoms with Gasteiger partial charge in [-0.05, 0) is 50.6 Å². The van der Waals surface area contributed by atoms with Crippen LogP contribution in [0.1, 0.15) is 42.1 Å². The molecule has 1 fully saturated rings. The molecular formula is C21H27ClN2O3. The van der Waals surface area contributed by atoms with Crippen LogP contribution in [0, 0.1) is 6.92 Å². The van der Waals surface area contributed by atoms with Crippen molar-refractivity contribution < 1.29 is 9.84 Å². The first kappa shape index (κ1) is 19.9. The van der Waals surface area contributed by atoms with Crippen LogP contribution < -0.4 is 5.56 Å². The molecule has 1 atom stereocenters. The summed E-state index contributed by atoms with van der Waals surface area (Å²) in [5.74, 6) is 0.0293. The fourth-order valence-electron chi connectivity index (χ4n) is 3.89. The second-order valence-electron chi connectivity index (χ2n) is 7.05. The first-order valence-electron chi connectivity index (χ1n) is 9.45. The summed E-state index contributed by atoms with van der Waals surface area (Å²) in [7, 11) is 1.61. The molecule has 0 spiro atoms. The Kier molecular flexibility index (Phi) is 6.58. The van der Waals surface area contributed by atoms with Crippen LogP contribution in [-0.2, 0) is 11.3 Å². The van der Waals surface area contributed by atoms with Gasteiger partial charge in [-0.25, -0.2) is 0 Å². The van der Waals surface area contributed by atoms with E-state index in [-0.39, 0.29) is 17.4 Å². The van der Waals surface area contributed by atoms with Crippen LogP contribution in [0.15, 0.2) is 35.1 Å². The average molecular weight is 391 g/mol. The Morgan fingerprint density at radius 3 is 2.59 bits per heavy atom. The van der Waals surface area contributed by atoms with E-state index >= 15 is 0 Å². The van der Waals surface area contributed by atoms with Crippen molar-refractivity contribution in [1.29, 1.82) is 0 Å². The summed E-state index contributed by atoms with van der Waals surface area (Å²) in [6.07, 6.45) is 3.33. The highest BCUT2D eigenvalue weighted by molar-refractivity contribution is 6.31. The summed E-state index contributed by atoms with van der Waals surface area (Å²) in [5, 5.41) is 11.4. The minimum Gasteiger partial charge on any atom is -0.507 e. The summed E-state index contributed by atoms with van der Waals surface area (Å²) >= 11 is 6.51. The Morgan fingerprint density at radius 1 is 1.22 bits per heavy atom. The molecule has 3 rings (SSSR count). The number of ether oxygens (including phenoxy) is 1. The number of aryl methyl sites for hydroxylation is 1. The number of pyridine rings is 1. The summed E-state index contributed by atoms with van der Waals surface area (Å²) in [6, 6.07) is 8.89. The van der Waals surface area contributed by atoms with Crippen LogP contribution >= 0.6 is 11.6 Å². The quantitative estimate of drug-likeness (QED) is 0.816. The first-order chi connectivity index (χ1) is 13.0. The standard InChI is InChI=1S/C21H27ClN2O3/c1-15-14-18(25)19(21(26)24(15)12-13-27-2)20(23-10-6-3-7-11-23)16-8-4-5-9-17(16)22/h4-5,8-9,14,20,25H,3,6-7,10-13H2,1-2H3/t20-/m1/s1. The number of aromatic hydroxyl groups is 1. The summed E-state index contributed by atoms with van der Waals surface area (Å²) in [4.78, 5) is 15.6. The number of nitrogens with zero attached hydrogens (tertiary/aromatic N) is 2. The molecular weight excluding hydrogens is 364 g/mol. The molecule has 146 valence electrons. The molecule has 1 aliphatic rings. The number of methoxy groups -OCH3 is 1. The van der Waals surface area contributed by atoms with Gasteiger partial charge >= 0.3 is 0 Å². The van der Waals surface area contributed by atoms with Gasteiger partial charge in [-0.1, -0.05) is 36.2 Å². The second-order valence-corrected chi connectivity index (χ2v) is 7.46. The van der Waals surface area contributed by atoms with Crippen molar-refractivity contribution in [3.05, 3.63) is 62.5 Å². The molecule has 0 unspecified atom stereocenters. The van der Waals surface area contributed by atoms with Crippen molar-refractivity contribution in [1.82, 2.24) is 9.47 Å². The van der Waals surface area contributed by atoms with E-state index < -0.39 is 0 Å². The zero-order chi connectivity index (χ0) is 19.4. The maximum absolute atomic E-state index is 13.4. The van der Waals surface area contributed by atoms with E-state index in [1.807, 2.05) is 31.2 Å². The molecule has 0 aliphatic carbocycles. The van der Waals surface area contributed by atoms with Crippen LogP contribution in [0.25, 0.3) is 0 Å². The van der Waals surface area contributed by atoms with Gasteiger partial charge in [0, 0.05) is 24.4 Å². The lowest BCUT2D eigenvalue weighted by atomic mass is 9.94. The summed E-state index contributed by atoms with van der Waals surface area (Å²) in [6.45, 7) is 4.46. The molecule has 1 N–H and O–H groups in total. The topological polar surface area (TPSA) is 54.7 Å². The highest BCUT2D eigenvalue weighted by Gasteiger charge is 2.31. The minimum absolute atomic E-state index is 0.0293. The average Bonchev–Trinajstić information content (AvgIpc) is 2.66. The van der Waals surface area contributed by atoms with Crippen molar-refractivity contribution in [2.75, 3.05) is 26.8 Å². The van der Waals surface area contributed by atoms with Gasteiger partial charge in [-0.3, -0.25) is 9.69 Å². The molecule has 1 aromatic heterocycles. The van der Waals surface area contributed by atoms with Crippen LogP contribution in [0.5, 0.6) is 5.75 Å². The second kappa shape index (κ2) is 8.91. The number of hydrogen-bond donors (Lipinski definition) is 1. The lowest BCUT2D eigenvalue weighted by Crippen LogP contribution is -2.39. The van der Waals surface area contributed by atoms with E-state index in [2.05, 4.69) is 4.90 Å². The Balaban J connectivity index is 2.17. The van der Waals surface area contributed by atoms with Crippen molar-refractivity contribution in [2.45, 2.75) is 38.8 Å². The van der Waals surface area contributed by atoms with Gasteiger partial charge in [0.05, 0.1) is 18.2 Å². The van der Waals surface area contributed by atoms with E-state index in [4.69, 9.17) is 16.3 Å². The van der Waals surface area contributed by atoms with Gasteiger partial charge in [0.25, 0.3) is 5.56 Å². The normalized spacial score (nSPS) is 16.4. The lowest BCUT2D eigenvalue weighted by molar-refractivity contribution is 0.178. The molecule has 5 nitrogen and oxygen atoms in total. The molecule has 1 aromatic carbocycles. The highest BCUT2D eigenvalue weighted by atomic mass is 35.5. The number of hydrogen-bond acceptors (Lipinski definition) is 4. The molecule has 2 heterocycles. The summed E-state index contributed by atoms with van der Waals surface area (Å²) in [5.41, 5.74) is 1.79. The largest absolute Gasteiger partial charge is 0.507 e. The van der Waals surface area contributed by atoms with Crippen LogP contribution in [-0.4, -0.2) is 41.4 Å². The van der Waals surface area contributed by atoms with E-state index in [9.17, 15) is 9.90 Å². The van der Waals surface area contributed by atoms with Crippen LogP contribution in [0.4, 0.5) is 0 Å². The number of benzene rings is 1. The lowest BCUT2D eigenvalue weighted by Gasteiger charge is -2.35. The Morgan fingerprint density at radius 2 is 1.93 bits per heavy atom. The third-order valence-corrected chi connectivity index (χ3v) is 5.62. The summed E-state index contributed by atoms with van der Waals surface area (Å²) < 4.78 is 6.83. The third-order valence-electron chi connectivity index (χ3n) is 5.27. The molecule has 1 aliphatic heterocycles. The number of halogens is 1. The van der Waals surface area contributed by atoms with Gasteiger partial charge < -0.3 is 14.4 Å². The minimum atomic E-state index is -0.360. The molecule has 0 amide bonds. The fourth-order valence-corrected chi connectivity index (χ4v) is 4.13. The SMILES string of the molecule is COCCn1c(C)cc(O)c([C@@H](c2ccccc2Cl)N2CCCCC2)c1=O. The number of piperidine rings is 1. The molecule has 1 saturated heterocycles. The third kappa shape index (κ3) is 4.21. The molecule has 2 aromatic rings. The van der Waals surface area contributed by atoms with E-state index in [0.717, 1.165) is 37.2 Å². The van der Waals surface area contributed by atoms with E-state index in [1.54, 1.807) is 17.7 Å². The van der Waals surface area contributed by atoms with Crippen molar-refractivity contribution in [3.8, 4) is 5.75 Å². The molecule has 0 radical (unpaired) electrons. The van der Waals surface area contributed by atoms with Gasteiger partial charge in [-0.15, -0.1) is 0 Å². The van der Waals surface area contributed by atoms with Crippen LogP contribution in [0.3, 0.4) is 0 Å². The Hall–Kier alpha value is -1.82. The smallest absolute Gasteiger partial charge is 0.259 e. The maximum Gasteiger partial charge on any atom is 0.259 e. The molecule has 0 bridgehead atoms. The van der Waals surface area contributed by atoms with Crippen molar-refractivity contribution >= 4 is 11.6 Å². The monoisotopic (exact) mass is 390 g/mol.